The third-order valence-electron chi connectivity index (χ3n) is 2.82. The third-order valence-corrected chi connectivity index (χ3v) is 3.26. The fourth-order valence-electron chi connectivity index (χ4n) is 1.82. The van der Waals surface area contributed by atoms with Gasteiger partial charge < -0.3 is 13.9 Å². The van der Waals surface area contributed by atoms with Crippen molar-refractivity contribution in [2.75, 3.05) is 13.7 Å². The molecule has 2 aromatic rings. The Hall–Kier alpha value is -1.40. The summed E-state index contributed by atoms with van der Waals surface area (Å²) in [4.78, 5) is 16.0. The highest BCUT2D eigenvalue weighted by molar-refractivity contribution is 9.10. The number of halogens is 1. The molecule has 0 fully saturated rings. The lowest BCUT2D eigenvalue weighted by atomic mass is 10.2. The van der Waals surface area contributed by atoms with Crippen LogP contribution in [0.15, 0.2) is 22.9 Å². The molecule has 102 valence electrons. The maximum atomic E-state index is 11.7. The lowest BCUT2D eigenvalue weighted by Gasteiger charge is -2.11. The minimum Gasteiger partial charge on any atom is -0.461 e. The summed E-state index contributed by atoms with van der Waals surface area (Å²) in [5.74, 6) is -0.418. The van der Waals surface area contributed by atoms with E-state index in [1.54, 1.807) is 24.6 Å². The first-order chi connectivity index (χ1) is 9.06. The van der Waals surface area contributed by atoms with E-state index in [9.17, 15) is 4.79 Å². The van der Waals surface area contributed by atoms with Gasteiger partial charge in [-0.25, -0.2) is 9.78 Å². The number of rotatable bonds is 4. The van der Waals surface area contributed by atoms with Gasteiger partial charge in [-0.05, 0) is 35.8 Å². The molecule has 19 heavy (non-hydrogen) atoms. The van der Waals surface area contributed by atoms with Gasteiger partial charge in [0.15, 0.2) is 5.69 Å². The van der Waals surface area contributed by atoms with E-state index in [0.717, 1.165) is 10.0 Å². The van der Waals surface area contributed by atoms with Crippen molar-refractivity contribution in [3.8, 4) is 0 Å². The average Bonchev–Trinajstić information content (AvgIpc) is 2.80. The molecule has 0 amide bonds. The molecule has 0 aromatic carbocycles. The van der Waals surface area contributed by atoms with Crippen molar-refractivity contribution < 1.29 is 14.3 Å². The van der Waals surface area contributed by atoms with Crippen LogP contribution >= 0.6 is 15.9 Å². The van der Waals surface area contributed by atoms with Crippen molar-refractivity contribution in [3.05, 3.63) is 34.2 Å². The summed E-state index contributed by atoms with van der Waals surface area (Å²) in [6, 6.07) is 1.94. The summed E-state index contributed by atoms with van der Waals surface area (Å²) in [7, 11) is 1.64. The molecular weight excluding hydrogens is 312 g/mol. The van der Waals surface area contributed by atoms with Gasteiger partial charge in [0.1, 0.15) is 5.65 Å². The SMILES string of the molecule is CCOC(=O)c1cn2cc(Br)cc([C@H](C)OC)c2n1. The summed E-state index contributed by atoms with van der Waals surface area (Å²) < 4.78 is 13.0. The van der Waals surface area contributed by atoms with Crippen LogP contribution in [0, 0.1) is 0 Å². The number of esters is 1. The number of carbonyl (C=O) groups is 1. The number of hydrogen-bond acceptors (Lipinski definition) is 4. The van der Waals surface area contributed by atoms with Crippen LogP contribution in [0.1, 0.15) is 36.0 Å². The fraction of sp³-hybridized carbons (Fsp3) is 0.385. The molecule has 0 unspecified atom stereocenters. The number of nitrogens with zero attached hydrogens (tertiary/aromatic N) is 2. The minimum atomic E-state index is -0.418. The maximum absolute atomic E-state index is 11.7. The zero-order valence-electron chi connectivity index (χ0n) is 11.0. The molecule has 0 aliphatic rings. The molecule has 0 N–H and O–H groups in total. The molecular formula is C13H15BrN2O3. The molecule has 0 radical (unpaired) electrons. The van der Waals surface area contributed by atoms with Gasteiger partial charge in [0, 0.05) is 29.5 Å². The second kappa shape index (κ2) is 5.71. The molecule has 2 rings (SSSR count). The highest BCUT2D eigenvalue weighted by Gasteiger charge is 2.17. The molecule has 0 spiro atoms. The van der Waals surface area contributed by atoms with Crippen molar-refractivity contribution in [1.29, 1.82) is 0 Å². The lowest BCUT2D eigenvalue weighted by molar-refractivity contribution is 0.0520. The lowest BCUT2D eigenvalue weighted by Crippen LogP contribution is -2.04. The van der Waals surface area contributed by atoms with Crippen molar-refractivity contribution in [3.63, 3.8) is 0 Å². The number of carbonyl (C=O) groups excluding carboxylic acids is 1. The van der Waals surface area contributed by atoms with Crippen LogP contribution in [-0.4, -0.2) is 29.1 Å². The first kappa shape index (κ1) is 14.0. The fourth-order valence-corrected chi connectivity index (χ4v) is 2.29. The van der Waals surface area contributed by atoms with E-state index >= 15 is 0 Å². The highest BCUT2D eigenvalue weighted by atomic mass is 79.9. The zero-order chi connectivity index (χ0) is 14.0. The van der Waals surface area contributed by atoms with Crippen molar-refractivity contribution in [1.82, 2.24) is 9.38 Å². The number of pyridine rings is 1. The quantitative estimate of drug-likeness (QED) is 0.810. The summed E-state index contributed by atoms with van der Waals surface area (Å²) >= 11 is 3.44. The van der Waals surface area contributed by atoms with Crippen LogP contribution in [0.4, 0.5) is 0 Å². The predicted molar refractivity (Wildman–Crippen MR) is 74.3 cm³/mol. The third kappa shape index (κ3) is 2.79. The molecule has 0 aliphatic heterocycles. The molecule has 5 nitrogen and oxygen atoms in total. The van der Waals surface area contributed by atoms with E-state index in [1.807, 2.05) is 19.2 Å². The van der Waals surface area contributed by atoms with Crippen LogP contribution in [0.5, 0.6) is 0 Å². The normalized spacial score (nSPS) is 12.6. The topological polar surface area (TPSA) is 52.8 Å². The van der Waals surface area contributed by atoms with Gasteiger partial charge in [0.05, 0.1) is 12.7 Å². The number of ether oxygens (including phenoxy) is 2. The van der Waals surface area contributed by atoms with Gasteiger partial charge in [-0.15, -0.1) is 0 Å². The average molecular weight is 327 g/mol. The van der Waals surface area contributed by atoms with Crippen LogP contribution in [0.3, 0.4) is 0 Å². The van der Waals surface area contributed by atoms with E-state index in [-0.39, 0.29) is 6.10 Å². The van der Waals surface area contributed by atoms with E-state index in [4.69, 9.17) is 9.47 Å². The van der Waals surface area contributed by atoms with E-state index in [0.29, 0.717) is 17.9 Å². The summed E-state index contributed by atoms with van der Waals surface area (Å²) in [6.07, 6.45) is 3.39. The Labute approximate surface area is 119 Å². The largest absolute Gasteiger partial charge is 0.461 e. The Morgan fingerprint density at radius 1 is 1.53 bits per heavy atom. The molecule has 0 bridgehead atoms. The summed E-state index contributed by atoms with van der Waals surface area (Å²) in [5, 5.41) is 0. The van der Waals surface area contributed by atoms with Gasteiger partial charge in [-0.2, -0.15) is 0 Å². The second-order valence-electron chi connectivity index (χ2n) is 4.07. The molecule has 1 atom stereocenters. The van der Waals surface area contributed by atoms with Crippen LogP contribution in [0.25, 0.3) is 5.65 Å². The Morgan fingerprint density at radius 3 is 2.89 bits per heavy atom. The van der Waals surface area contributed by atoms with E-state index in [2.05, 4.69) is 20.9 Å². The van der Waals surface area contributed by atoms with Crippen molar-refractivity contribution in [2.24, 2.45) is 0 Å². The van der Waals surface area contributed by atoms with Crippen LogP contribution in [-0.2, 0) is 9.47 Å². The summed E-state index contributed by atoms with van der Waals surface area (Å²) in [6.45, 7) is 4.03. The standard InChI is InChI=1S/C13H15BrN2O3/c1-4-19-13(17)11-7-16-6-9(14)5-10(8(2)18-3)12(16)15-11/h5-8H,4H2,1-3H3/t8-/m0/s1. The van der Waals surface area contributed by atoms with Gasteiger partial charge in [0.25, 0.3) is 0 Å². The number of methoxy groups -OCH3 is 1. The number of fused-ring (bicyclic) bond motifs is 1. The van der Waals surface area contributed by atoms with Gasteiger partial charge in [-0.1, -0.05) is 0 Å². The van der Waals surface area contributed by atoms with E-state index in [1.165, 1.54) is 0 Å². The Kier molecular flexibility index (Phi) is 4.21. The Bertz CT molecular complexity index is 609. The number of imidazole rings is 1. The van der Waals surface area contributed by atoms with Crippen molar-refractivity contribution >= 4 is 27.5 Å². The molecule has 0 aliphatic carbocycles. The predicted octanol–water partition coefficient (Wildman–Crippen LogP) is 2.98. The van der Waals surface area contributed by atoms with Crippen molar-refractivity contribution in [2.45, 2.75) is 20.0 Å². The zero-order valence-corrected chi connectivity index (χ0v) is 12.6. The summed E-state index contributed by atoms with van der Waals surface area (Å²) in [5.41, 5.74) is 1.90. The maximum Gasteiger partial charge on any atom is 0.358 e. The van der Waals surface area contributed by atoms with Gasteiger partial charge in [-0.3, -0.25) is 0 Å². The molecule has 0 saturated carbocycles. The number of hydrogen-bond donors (Lipinski definition) is 0. The first-order valence-electron chi connectivity index (χ1n) is 5.94. The second-order valence-corrected chi connectivity index (χ2v) is 4.98. The minimum absolute atomic E-state index is 0.113. The highest BCUT2D eigenvalue weighted by Crippen LogP contribution is 2.25. The monoisotopic (exact) mass is 326 g/mol. The first-order valence-corrected chi connectivity index (χ1v) is 6.74. The van der Waals surface area contributed by atoms with Gasteiger partial charge >= 0.3 is 5.97 Å². The molecule has 6 heteroatoms. The molecule has 0 saturated heterocycles. The molecule has 2 heterocycles. The Balaban J connectivity index is 2.55. The van der Waals surface area contributed by atoms with Crippen LogP contribution in [0.2, 0.25) is 0 Å². The Morgan fingerprint density at radius 2 is 2.26 bits per heavy atom. The van der Waals surface area contributed by atoms with E-state index < -0.39 is 5.97 Å². The smallest absolute Gasteiger partial charge is 0.358 e. The molecule has 2 aromatic heterocycles. The van der Waals surface area contributed by atoms with Crippen LogP contribution < -0.4 is 0 Å². The van der Waals surface area contributed by atoms with Gasteiger partial charge in [0.2, 0.25) is 0 Å². The number of aromatic nitrogens is 2.